The minimum Gasteiger partial charge on any atom is -0.465 e. The molecule has 0 saturated carbocycles. The lowest BCUT2D eigenvalue weighted by molar-refractivity contribution is -0.135. The molecule has 1 aromatic heterocycles. The van der Waals surface area contributed by atoms with E-state index in [2.05, 4.69) is 43.9 Å². The van der Waals surface area contributed by atoms with Gasteiger partial charge in [0.15, 0.2) is 5.82 Å². The van der Waals surface area contributed by atoms with Crippen LogP contribution in [0.3, 0.4) is 0 Å². The van der Waals surface area contributed by atoms with Crippen molar-refractivity contribution in [1.29, 1.82) is 0 Å². The van der Waals surface area contributed by atoms with Crippen molar-refractivity contribution in [2.24, 2.45) is 12.0 Å². The number of hydrogen-bond acceptors (Lipinski definition) is 7. The van der Waals surface area contributed by atoms with Gasteiger partial charge < -0.3 is 24.8 Å². The predicted molar refractivity (Wildman–Crippen MR) is 160 cm³/mol. The van der Waals surface area contributed by atoms with Crippen molar-refractivity contribution in [2.45, 2.75) is 32.9 Å². The lowest BCUT2D eigenvalue weighted by Gasteiger charge is -2.21. The average molecular weight is 563 g/mol. The minimum absolute atomic E-state index is 0.0138. The summed E-state index contributed by atoms with van der Waals surface area (Å²) >= 11 is 6.87. The van der Waals surface area contributed by atoms with Gasteiger partial charge >= 0.3 is 5.97 Å². The number of esters is 1. The van der Waals surface area contributed by atoms with E-state index in [-0.39, 0.29) is 17.5 Å². The first-order valence-corrected chi connectivity index (χ1v) is 13.4. The van der Waals surface area contributed by atoms with E-state index in [4.69, 9.17) is 11.6 Å². The highest BCUT2D eigenvalue weighted by atomic mass is 35.5. The maximum absolute atomic E-state index is 13.2. The van der Waals surface area contributed by atoms with Crippen molar-refractivity contribution in [3.63, 3.8) is 0 Å². The summed E-state index contributed by atoms with van der Waals surface area (Å²) in [5, 5.41) is 6.89. The summed E-state index contributed by atoms with van der Waals surface area (Å²) < 4.78 is 6.52. The van der Waals surface area contributed by atoms with Crippen LogP contribution in [0.5, 0.6) is 0 Å². The molecule has 9 nitrogen and oxygen atoms in total. The van der Waals surface area contributed by atoms with Crippen molar-refractivity contribution in [2.75, 3.05) is 37.9 Å². The minimum atomic E-state index is -0.505. The number of aliphatic imine (C=N–C) groups is 1. The molecular formula is C30H35ClN6O3. The number of halogens is 1. The van der Waals surface area contributed by atoms with Gasteiger partial charge in [0, 0.05) is 55.8 Å². The van der Waals surface area contributed by atoms with E-state index in [1.165, 1.54) is 13.3 Å². The summed E-state index contributed by atoms with van der Waals surface area (Å²) in [4.78, 5) is 35.8. The van der Waals surface area contributed by atoms with Crippen LogP contribution >= 0.6 is 11.6 Å². The third-order valence-corrected chi connectivity index (χ3v) is 7.40. The second-order valence-corrected chi connectivity index (χ2v) is 10.4. The molecule has 0 bridgehead atoms. The Kier molecular flexibility index (Phi) is 9.07. The van der Waals surface area contributed by atoms with Gasteiger partial charge in [0.1, 0.15) is 0 Å². The number of carbonyl (C=O) groups excluding carboxylic acids is 2. The molecule has 2 heterocycles. The SMILES string of the molecule is C=C(/C=N\CC(C)Nc1cccc(-c2cccc(NC(=O)c3nc4c(n3C)CCN(C)C4)c2Cl)c1C)C(=O)OC. The van der Waals surface area contributed by atoms with Crippen LogP contribution in [-0.4, -0.2) is 65.8 Å². The Bertz CT molecular complexity index is 1480. The fourth-order valence-corrected chi connectivity index (χ4v) is 5.05. The summed E-state index contributed by atoms with van der Waals surface area (Å²) in [6.07, 6.45) is 2.28. The first-order chi connectivity index (χ1) is 19.1. The summed E-state index contributed by atoms with van der Waals surface area (Å²) in [6, 6.07) is 11.5. The molecule has 1 unspecified atom stereocenters. The van der Waals surface area contributed by atoms with Gasteiger partial charge in [0.05, 0.1) is 35.6 Å². The van der Waals surface area contributed by atoms with Gasteiger partial charge in [-0.1, -0.05) is 42.4 Å². The molecule has 1 atom stereocenters. The second-order valence-electron chi connectivity index (χ2n) is 10.0. The Morgan fingerprint density at radius 2 is 1.90 bits per heavy atom. The Hall–Kier alpha value is -3.95. The Morgan fingerprint density at radius 1 is 1.20 bits per heavy atom. The van der Waals surface area contributed by atoms with Gasteiger partial charge in [0.25, 0.3) is 5.91 Å². The zero-order chi connectivity index (χ0) is 29.0. The van der Waals surface area contributed by atoms with E-state index in [1.807, 2.05) is 55.8 Å². The van der Waals surface area contributed by atoms with Crippen molar-refractivity contribution in [3.05, 3.63) is 76.3 Å². The Balaban J connectivity index is 1.51. The van der Waals surface area contributed by atoms with Crippen LogP contribution in [0.2, 0.25) is 5.02 Å². The summed E-state index contributed by atoms with van der Waals surface area (Å²) in [5.74, 6) is -0.430. The smallest absolute Gasteiger partial charge is 0.338 e. The standard InChI is InChI=1S/C30H35ClN6O3/c1-18(30(39)40-6)15-32-16-19(2)33-23-11-7-9-21(20(23)3)22-10-8-12-24(27(22)31)35-29(38)28-34-25-17-36(4)14-13-26(25)37(28)5/h7-12,15,19,33H,1,13-14,16-17H2,2-6H3,(H,35,38)/b32-15-. The highest BCUT2D eigenvalue weighted by Gasteiger charge is 2.24. The molecular weight excluding hydrogens is 528 g/mol. The first-order valence-electron chi connectivity index (χ1n) is 13.1. The zero-order valence-corrected chi connectivity index (χ0v) is 24.3. The van der Waals surface area contributed by atoms with E-state index in [0.29, 0.717) is 23.1 Å². The number of nitrogens with zero attached hydrogens (tertiary/aromatic N) is 4. The van der Waals surface area contributed by atoms with Crippen molar-refractivity contribution in [1.82, 2.24) is 14.5 Å². The normalized spacial score (nSPS) is 14.1. The van der Waals surface area contributed by atoms with Crippen LogP contribution < -0.4 is 10.6 Å². The molecule has 1 aliphatic rings. The van der Waals surface area contributed by atoms with Gasteiger partial charge in [-0.2, -0.15) is 0 Å². The van der Waals surface area contributed by atoms with E-state index in [9.17, 15) is 9.59 Å². The topological polar surface area (TPSA) is 101 Å². The number of methoxy groups -OCH3 is 1. The number of amides is 1. The third-order valence-electron chi connectivity index (χ3n) is 7.00. The molecule has 10 heteroatoms. The Labute approximate surface area is 239 Å². The van der Waals surface area contributed by atoms with E-state index in [1.54, 1.807) is 6.07 Å². The van der Waals surface area contributed by atoms with Crippen LogP contribution in [0.25, 0.3) is 11.1 Å². The maximum atomic E-state index is 13.2. The van der Waals surface area contributed by atoms with E-state index in [0.717, 1.165) is 53.3 Å². The maximum Gasteiger partial charge on any atom is 0.338 e. The van der Waals surface area contributed by atoms with Gasteiger partial charge in [0.2, 0.25) is 0 Å². The number of aromatic nitrogens is 2. The van der Waals surface area contributed by atoms with Crippen molar-refractivity contribution >= 4 is 41.1 Å². The Morgan fingerprint density at radius 3 is 2.62 bits per heavy atom. The molecule has 2 N–H and O–H groups in total. The largest absolute Gasteiger partial charge is 0.465 e. The van der Waals surface area contributed by atoms with Crippen LogP contribution in [-0.2, 0) is 29.5 Å². The van der Waals surface area contributed by atoms with Gasteiger partial charge in [-0.05, 0) is 44.2 Å². The fraction of sp³-hybridized carbons (Fsp3) is 0.333. The number of imidazole rings is 1. The average Bonchev–Trinajstić information content (AvgIpc) is 3.26. The van der Waals surface area contributed by atoms with Gasteiger partial charge in [-0.25, -0.2) is 9.78 Å². The molecule has 3 aromatic rings. The molecule has 0 spiro atoms. The summed E-state index contributed by atoms with van der Waals surface area (Å²) in [6.45, 7) is 9.77. The molecule has 40 heavy (non-hydrogen) atoms. The second kappa shape index (κ2) is 12.5. The van der Waals surface area contributed by atoms with Crippen LogP contribution in [0.15, 0.2) is 53.5 Å². The number of nitrogens with one attached hydrogen (secondary N) is 2. The number of anilines is 2. The lowest BCUT2D eigenvalue weighted by Crippen LogP contribution is -2.27. The fourth-order valence-electron chi connectivity index (χ4n) is 4.78. The molecule has 210 valence electrons. The van der Waals surface area contributed by atoms with Crippen LogP contribution in [0, 0.1) is 6.92 Å². The predicted octanol–water partition coefficient (Wildman–Crippen LogP) is 4.89. The van der Waals surface area contributed by atoms with Crippen LogP contribution in [0.4, 0.5) is 11.4 Å². The number of fused-ring (bicyclic) bond motifs is 1. The lowest BCUT2D eigenvalue weighted by atomic mass is 9.98. The third kappa shape index (κ3) is 6.26. The molecule has 1 amide bonds. The molecule has 1 aliphatic heterocycles. The van der Waals surface area contributed by atoms with Crippen molar-refractivity contribution in [3.8, 4) is 11.1 Å². The molecule has 4 rings (SSSR count). The number of likely N-dealkylation sites (N-methyl/N-ethyl adjacent to an activating group) is 1. The first kappa shape index (κ1) is 29.0. The summed E-state index contributed by atoms with van der Waals surface area (Å²) in [5.41, 5.74) is 6.44. The zero-order valence-electron chi connectivity index (χ0n) is 23.5. The number of rotatable bonds is 9. The van der Waals surface area contributed by atoms with Crippen LogP contribution in [0.1, 0.15) is 34.5 Å². The molecule has 0 radical (unpaired) electrons. The number of hydrogen-bond donors (Lipinski definition) is 2. The van der Waals surface area contributed by atoms with Crippen molar-refractivity contribution < 1.29 is 14.3 Å². The molecule has 0 saturated heterocycles. The molecule has 0 fully saturated rings. The number of ether oxygens (including phenoxy) is 1. The van der Waals surface area contributed by atoms with E-state index < -0.39 is 5.97 Å². The highest BCUT2D eigenvalue weighted by molar-refractivity contribution is 6.36. The quantitative estimate of drug-likeness (QED) is 0.219. The van der Waals surface area contributed by atoms with E-state index >= 15 is 0 Å². The monoisotopic (exact) mass is 562 g/mol. The molecule has 2 aromatic carbocycles. The summed E-state index contributed by atoms with van der Waals surface area (Å²) in [7, 11) is 5.24. The number of carbonyl (C=O) groups is 2. The highest BCUT2D eigenvalue weighted by Crippen LogP contribution is 2.37. The molecule has 0 aliphatic carbocycles. The number of benzene rings is 2. The van der Waals surface area contributed by atoms with Gasteiger partial charge in [-0.15, -0.1) is 0 Å². The van der Waals surface area contributed by atoms with Gasteiger partial charge in [-0.3, -0.25) is 9.79 Å².